The molecule has 0 amide bonds. The number of allylic oxidation sites excluding steroid dienone is 3. The molecule has 10 nitrogen and oxygen atoms in total. The number of hydrogen-bond donors (Lipinski definition) is 4. The second-order valence-corrected chi connectivity index (χ2v) is 6.31. The van der Waals surface area contributed by atoms with Crippen molar-refractivity contribution in [3.63, 3.8) is 0 Å². The Bertz CT molecular complexity index is 807. The van der Waals surface area contributed by atoms with Crippen molar-refractivity contribution >= 4 is 12.4 Å². The maximum Gasteiger partial charge on any atom is 0.234 e. The lowest BCUT2D eigenvalue weighted by molar-refractivity contribution is -0.615. The highest BCUT2D eigenvalue weighted by Crippen LogP contribution is 2.19. The molecule has 0 aromatic carbocycles. The van der Waals surface area contributed by atoms with Crippen LogP contribution in [0.15, 0.2) is 51.7 Å². The van der Waals surface area contributed by atoms with Crippen molar-refractivity contribution in [2.75, 3.05) is 19.6 Å². The first-order valence-corrected chi connectivity index (χ1v) is 8.97. The van der Waals surface area contributed by atoms with Crippen LogP contribution in [0.2, 0.25) is 0 Å². The SMILES string of the molecule is [O-]N1C2=CCC=C1C(O)NCCN=Cc1cccc([n+]1[O-])CNC(O)CN=C2. The summed E-state index contributed by atoms with van der Waals surface area (Å²) in [7, 11) is 0. The Balaban J connectivity index is 1.79. The molecule has 2 aliphatic heterocycles. The second kappa shape index (κ2) is 9.53. The van der Waals surface area contributed by atoms with Crippen molar-refractivity contribution in [3.05, 3.63) is 63.5 Å². The fraction of sp³-hybridized carbons (Fsp3) is 0.389. The van der Waals surface area contributed by atoms with Crippen molar-refractivity contribution in [1.29, 1.82) is 0 Å². The number of aliphatic hydroxyl groups is 2. The molecule has 10 heteroatoms. The topological polar surface area (TPSA) is 142 Å². The minimum Gasteiger partial charge on any atom is -0.754 e. The number of aliphatic imine (C=N–C) groups is 2. The van der Waals surface area contributed by atoms with E-state index in [1.807, 2.05) is 0 Å². The Morgan fingerprint density at radius 1 is 1.14 bits per heavy atom. The zero-order chi connectivity index (χ0) is 19.9. The van der Waals surface area contributed by atoms with Gasteiger partial charge in [0.15, 0.2) is 0 Å². The molecular formula is C18H23N6O4-. The summed E-state index contributed by atoms with van der Waals surface area (Å²) in [5, 5.41) is 51.3. The standard InChI is InChI=1S/C18H23N6O4/c25-17-12-20-10-14-5-2-6-16(24(14)28)18(26)21-8-7-19-9-13-3-1-4-15(11-22-17)23(13)27/h1,3-6,9-10,17-18,21-22,25-26H,2,7-8,11-12H2/q-1. The molecule has 0 spiro atoms. The molecule has 4 bridgehead atoms. The van der Waals surface area contributed by atoms with Crippen LogP contribution in [-0.4, -0.2) is 59.8 Å². The van der Waals surface area contributed by atoms with Crippen LogP contribution in [0.5, 0.6) is 0 Å². The molecule has 0 fully saturated rings. The minimum atomic E-state index is -1.15. The van der Waals surface area contributed by atoms with E-state index in [2.05, 4.69) is 20.6 Å². The zero-order valence-corrected chi connectivity index (χ0v) is 15.2. The quantitative estimate of drug-likeness (QED) is 0.334. The van der Waals surface area contributed by atoms with Crippen molar-refractivity contribution < 1.29 is 14.9 Å². The average molecular weight is 387 g/mol. The van der Waals surface area contributed by atoms with Crippen molar-refractivity contribution in [2.45, 2.75) is 25.4 Å². The van der Waals surface area contributed by atoms with Gasteiger partial charge in [-0.05, 0) is 12.5 Å². The lowest BCUT2D eigenvalue weighted by atomic mass is 10.2. The monoisotopic (exact) mass is 387 g/mol. The number of aromatic nitrogens is 1. The van der Waals surface area contributed by atoms with Gasteiger partial charge in [0.1, 0.15) is 12.5 Å². The molecular weight excluding hydrogens is 364 g/mol. The molecule has 0 aliphatic carbocycles. The fourth-order valence-electron chi connectivity index (χ4n) is 2.79. The smallest absolute Gasteiger partial charge is 0.234 e. The van der Waals surface area contributed by atoms with Gasteiger partial charge in [-0.1, -0.05) is 12.2 Å². The Morgan fingerprint density at radius 3 is 2.86 bits per heavy atom. The first-order chi connectivity index (χ1) is 13.6. The normalized spacial score (nSPS) is 24.2. The predicted octanol–water partition coefficient (Wildman–Crippen LogP) is -0.889. The molecule has 1 aromatic rings. The molecule has 3 rings (SSSR count). The molecule has 0 radical (unpaired) electrons. The van der Waals surface area contributed by atoms with E-state index in [-0.39, 0.29) is 24.5 Å². The minimum absolute atomic E-state index is 0.00500. The number of pyridine rings is 1. The van der Waals surface area contributed by atoms with Crippen LogP contribution in [0.1, 0.15) is 17.8 Å². The molecule has 2 aliphatic rings. The number of aliphatic hydroxyl groups excluding tert-OH is 2. The Kier molecular flexibility index (Phi) is 6.85. The molecule has 150 valence electrons. The molecule has 3 heterocycles. The Hall–Kier alpha value is -2.63. The summed E-state index contributed by atoms with van der Waals surface area (Å²) in [6.07, 6.45) is 4.48. The molecule has 0 saturated carbocycles. The van der Waals surface area contributed by atoms with Crippen molar-refractivity contribution in [2.24, 2.45) is 9.98 Å². The van der Waals surface area contributed by atoms with Gasteiger partial charge in [-0.3, -0.25) is 20.6 Å². The van der Waals surface area contributed by atoms with E-state index < -0.39 is 12.5 Å². The zero-order valence-electron chi connectivity index (χ0n) is 15.2. The van der Waals surface area contributed by atoms with E-state index in [9.17, 15) is 20.6 Å². The third-order valence-corrected chi connectivity index (χ3v) is 4.28. The summed E-state index contributed by atoms with van der Waals surface area (Å²) < 4.78 is 0.743. The summed E-state index contributed by atoms with van der Waals surface area (Å²) in [5.41, 5.74) is 1.26. The van der Waals surface area contributed by atoms with Crippen molar-refractivity contribution in [3.8, 4) is 0 Å². The Labute approximate surface area is 162 Å². The third-order valence-electron chi connectivity index (χ3n) is 4.28. The average Bonchev–Trinajstić information content (AvgIpc) is 2.68. The van der Waals surface area contributed by atoms with Gasteiger partial charge in [-0.2, -0.15) is 4.73 Å². The predicted molar refractivity (Wildman–Crippen MR) is 104 cm³/mol. The largest absolute Gasteiger partial charge is 0.754 e. The highest BCUT2D eigenvalue weighted by molar-refractivity contribution is 5.79. The van der Waals surface area contributed by atoms with Gasteiger partial charge < -0.3 is 25.7 Å². The van der Waals surface area contributed by atoms with Gasteiger partial charge >= 0.3 is 0 Å². The van der Waals surface area contributed by atoms with E-state index in [0.717, 1.165) is 4.73 Å². The molecule has 0 saturated heterocycles. The van der Waals surface area contributed by atoms with Gasteiger partial charge in [0.25, 0.3) is 0 Å². The molecule has 2 unspecified atom stereocenters. The van der Waals surface area contributed by atoms with E-state index in [0.29, 0.717) is 36.0 Å². The van der Waals surface area contributed by atoms with Crippen LogP contribution in [0.25, 0.3) is 0 Å². The highest BCUT2D eigenvalue weighted by atomic mass is 16.5. The van der Waals surface area contributed by atoms with E-state index in [4.69, 9.17) is 0 Å². The second-order valence-electron chi connectivity index (χ2n) is 6.31. The van der Waals surface area contributed by atoms with Crippen LogP contribution < -0.4 is 15.4 Å². The van der Waals surface area contributed by atoms with Crippen LogP contribution in [-0.2, 0) is 6.54 Å². The number of fused-ring (bicyclic) bond motifs is 4. The maximum atomic E-state index is 12.4. The van der Waals surface area contributed by atoms with Crippen LogP contribution in [0.4, 0.5) is 0 Å². The number of hydrogen-bond acceptors (Lipinski definition) is 9. The molecule has 4 N–H and O–H groups in total. The van der Waals surface area contributed by atoms with Crippen LogP contribution >= 0.6 is 0 Å². The third kappa shape index (κ3) is 5.00. The van der Waals surface area contributed by atoms with Crippen LogP contribution in [0.3, 0.4) is 0 Å². The number of nitrogens with one attached hydrogen (secondary N) is 2. The summed E-state index contributed by atoms with van der Waals surface area (Å²) in [4.78, 5) is 8.27. The van der Waals surface area contributed by atoms with E-state index >= 15 is 0 Å². The number of hydroxylamine groups is 2. The highest BCUT2D eigenvalue weighted by Gasteiger charge is 2.16. The van der Waals surface area contributed by atoms with Crippen LogP contribution in [0, 0.1) is 10.4 Å². The maximum absolute atomic E-state index is 12.4. The first kappa shape index (κ1) is 20.1. The Morgan fingerprint density at radius 2 is 2.00 bits per heavy atom. The van der Waals surface area contributed by atoms with E-state index in [1.54, 1.807) is 30.4 Å². The van der Waals surface area contributed by atoms with Gasteiger partial charge in [-0.15, -0.1) is 0 Å². The van der Waals surface area contributed by atoms with Gasteiger partial charge in [-0.25, -0.2) is 0 Å². The fourth-order valence-corrected chi connectivity index (χ4v) is 2.79. The number of nitrogens with zero attached hydrogens (tertiary/aromatic N) is 4. The van der Waals surface area contributed by atoms with Gasteiger partial charge in [0.05, 0.1) is 25.8 Å². The molecule has 1 aromatic heterocycles. The van der Waals surface area contributed by atoms with Crippen molar-refractivity contribution in [1.82, 2.24) is 15.7 Å². The summed E-state index contributed by atoms with van der Waals surface area (Å²) in [6.45, 7) is 0.792. The summed E-state index contributed by atoms with van der Waals surface area (Å²) in [5.74, 6) is 0. The van der Waals surface area contributed by atoms with Gasteiger partial charge in [0, 0.05) is 36.3 Å². The first-order valence-electron chi connectivity index (χ1n) is 8.97. The summed E-state index contributed by atoms with van der Waals surface area (Å²) >= 11 is 0. The molecule has 2 atom stereocenters. The summed E-state index contributed by atoms with van der Waals surface area (Å²) in [6, 6.07) is 5.03. The lowest BCUT2D eigenvalue weighted by Crippen LogP contribution is -2.41. The molecule has 28 heavy (non-hydrogen) atoms. The van der Waals surface area contributed by atoms with Gasteiger partial charge in [0.2, 0.25) is 11.4 Å². The number of rotatable bonds is 0. The van der Waals surface area contributed by atoms with E-state index in [1.165, 1.54) is 12.4 Å². The lowest BCUT2D eigenvalue weighted by Gasteiger charge is -2.38.